The molecule has 2 aromatic rings. The predicted octanol–water partition coefficient (Wildman–Crippen LogP) is 6.06. The van der Waals surface area contributed by atoms with Gasteiger partial charge in [-0.15, -0.1) is 0 Å². The smallest absolute Gasteiger partial charge is 0.404 e. The number of nitrogens with one attached hydrogen (secondary N) is 1. The van der Waals surface area contributed by atoms with Crippen molar-refractivity contribution in [3.8, 4) is 0 Å². The summed E-state index contributed by atoms with van der Waals surface area (Å²) in [5, 5.41) is 13.0. The van der Waals surface area contributed by atoms with Crippen molar-refractivity contribution in [2.45, 2.75) is 90.4 Å². The van der Waals surface area contributed by atoms with Crippen molar-refractivity contribution in [3.05, 3.63) is 46.4 Å². The van der Waals surface area contributed by atoms with Gasteiger partial charge in [-0.3, -0.25) is 4.90 Å². The van der Waals surface area contributed by atoms with Crippen LogP contribution in [0, 0.1) is 5.82 Å². The highest BCUT2D eigenvalue weighted by atomic mass is 19.1. The first-order valence-electron chi connectivity index (χ1n) is 13.8. The van der Waals surface area contributed by atoms with Crippen molar-refractivity contribution >= 4 is 17.0 Å². The first kappa shape index (κ1) is 25.3. The van der Waals surface area contributed by atoms with Gasteiger partial charge in [-0.1, -0.05) is 11.1 Å². The molecular weight excluding hydrogens is 455 g/mol. The van der Waals surface area contributed by atoms with Crippen LogP contribution >= 0.6 is 0 Å². The standard InChI is InChI=1S/C29H41FN4O2/c1-20(2)21-5-8-23(9-6-21)33-15-11-24(12-16-33)34-27-10-7-22(30)17-25(27)26(19-32-13-3-4-14-32)28(34)18-31-29(35)36/h7,10,17,23-24,31H,3-6,8-9,11-16,18-19H2,1-2H3,(H,35,36). The summed E-state index contributed by atoms with van der Waals surface area (Å²) >= 11 is 0. The number of hydrogen-bond acceptors (Lipinski definition) is 3. The summed E-state index contributed by atoms with van der Waals surface area (Å²) in [4.78, 5) is 16.6. The molecule has 0 unspecified atom stereocenters. The number of likely N-dealkylation sites (tertiary alicyclic amines) is 2. The van der Waals surface area contributed by atoms with Crippen LogP contribution in [0.25, 0.3) is 10.9 Å². The van der Waals surface area contributed by atoms with Gasteiger partial charge < -0.3 is 19.9 Å². The zero-order valence-corrected chi connectivity index (χ0v) is 21.9. The number of hydrogen-bond donors (Lipinski definition) is 2. The van der Waals surface area contributed by atoms with Gasteiger partial charge in [0.05, 0.1) is 6.54 Å². The number of allylic oxidation sites excluding steroid dienone is 2. The minimum Gasteiger partial charge on any atom is -0.465 e. The van der Waals surface area contributed by atoms with Crippen LogP contribution < -0.4 is 5.32 Å². The molecule has 36 heavy (non-hydrogen) atoms. The van der Waals surface area contributed by atoms with E-state index in [2.05, 4.69) is 33.5 Å². The number of fused-ring (bicyclic) bond motifs is 1. The Kier molecular flexibility index (Phi) is 7.68. The van der Waals surface area contributed by atoms with Crippen LogP contribution in [-0.2, 0) is 13.1 Å². The normalized spacial score (nSPS) is 22.4. The molecule has 1 saturated carbocycles. The van der Waals surface area contributed by atoms with Gasteiger partial charge in [0.15, 0.2) is 0 Å². The zero-order chi connectivity index (χ0) is 25.2. The molecule has 7 heteroatoms. The Labute approximate surface area is 214 Å². The summed E-state index contributed by atoms with van der Waals surface area (Å²) in [5.41, 5.74) is 6.28. The number of nitrogens with zero attached hydrogens (tertiary/aromatic N) is 3. The highest BCUT2D eigenvalue weighted by Crippen LogP contribution is 2.37. The average molecular weight is 497 g/mol. The van der Waals surface area contributed by atoms with Gasteiger partial charge in [-0.2, -0.15) is 0 Å². The quantitative estimate of drug-likeness (QED) is 0.477. The molecule has 3 aliphatic rings. The molecular formula is C29H41FN4O2. The summed E-state index contributed by atoms with van der Waals surface area (Å²) in [5.74, 6) is -0.233. The van der Waals surface area contributed by atoms with Crippen molar-refractivity contribution in [2.75, 3.05) is 26.2 Å². The van der Waals surface area contributed by atoms with E-state index >= 15 is 0 Å². The highest BCUT2D eigenvalue weighted by Gasteiger charge is 2.31. The maximum absolute atomic E-state index is 14.4. The van der Waals surface area contributed by atoms with Crippen molar-refractivity contribution < 1.29 is 14.3 Å². The summed E-state index contributed by atoms with van der Waals surface area (Å²) in [6, 6.07) is 6.06. The van der Waals surface area contributed by atoms with Crippen molar-refractivity contribution in [2.24, 2.45) is 0 Å². The number of carboxylic acid groups (broad SMARTS) is 1. The minimum atomic E-state index is -1.02. The van der Waals surface area contributed by atoms with E-state index in [1.807, 2.05) is 6.07 Å². The Morgan fingerprint density at radius 3 is 2.36 bits per heavy atom. The highest BCUT2D eigenvalue weighted by molar-refractivity contribution is 5.86. The summed E-state index contributed by atoms with van der Waals surface area (Å²) in [6.07, 6.45) is 8.39. The number of carbonyl (C=O) groups is 1. The third-order valence-electron chi connectivity index (χ3n) is 8.82. The second-order valence-corrected chi connectivity index (χ2v) is 11.2. The van der Waals surface area contributed by atoms with E-state index in [4.69, 9.17) is 0 Å². The number of benzene rings is 1. The van der Waals surface area contributed by atoms with E-state index in [9.17, 15) is 14.3 Å². The molecule has 0 radical (unpaired) electrons. The fraction of sp³-hybridized carbons (Fsp3) is 0.621. The number of amides is 1. The first-order chi connectivity index (χ1) is 17.4. The van der Waals surface area contributed by atoms with E-state index in [0.29, 0.717) is 12.1 Å². The fourth-order valence-corrected chi connectivity index (χ4v) is 6.84. The lowest BCUT2D eigenvalue weighted by Crippen LogP contribution is -2.43. The van der Waals surface area contributed by atoms with Gasteiger partial charge >= 0.3 is 6.09 Å². The predicted molar refractivity (Wildman–Crippen MR) is 142 cm³/mol. The first-order valence-corrected chi connectivity index (χ1v) is 13.8. The largest absolute Gasteiger partial charge is 0.465 e. The third kappa shape index (κ3) is 5.32. The maximum Gasteiger partial charge on any atom is 0.404 e. The number of halogens is 1. The Morgan fingerprint density at radius 1 is 1.03 bits per heavy atom. The van der Waals surface area contributed by atoms with Crippen LogP contribution in [0.15, 0.2) is 29.3 Å². The SMILES string of the molecule is CC(C)=C1CCC(N2CCC(n3c(CNC(=O)O)c(CN4CCCC4)c4cc(F)ccc43)CC2)CC1. The van der Waals surface area contributed by atoms with Gasteiger partial charge in [-0.25, -0.2) is 9.18 Å². The molecule has 2 saturated heterocycles. The molecule has 1 aliphatic carbocycles. The molecule has 1 amide bonds. The van der Waals surface area contributed by atoms with Crippen LogP contribution in [0.3, 0.4) is 0 Å². The molecule has 6 nitrogen and oxygen atoms in total. The van der Waals surface area contributed by atoms with E-state index in [1.165, 1.54) is 44.1 Å². The van der Waals surface area contributed by atoms with Crippen LogP contribution in [0.1, 0.15) is 82.5 Å². The van der Waals surface area contributed by atoms with Gasteiger partial charge in [0.2, 0.25) is 0 Å². The van der Waals surface area contributed by atoms with E-state index in [0.717, 1.165) is 67.7 Å². The maximum atomic E-state index is 14.4. The molecule has 196 valence electrons. The van der Waals surface area contributed by atoms with E-state index < -0.39 is 6.09 Å². The van der Waals surface area contributed by atoms with Crippen LogP contribution in [0.4, 0.5) is 9.18 Å². The number of piperidine rings is 1. The van der Waals surface area contributed by atoms with Crippen molar-refractivity contribution in [3.63, 3.8) is 0 Å². The molecule has 3 heterocycles. The summed E-state index contributed by atoms with van der Waals surface area (Å²) in [6.45, 7) is 9.69. The van der Waals surface area contributed by atoms with Crippen molar-refractivity contribution in [1.82, 2.24) is 19.7 Å². The average Bonchev–Trinajstić information content (AvgIpc) is 3.49. The number of rotatable bonds is 6. The Hall–Kier alpha value is -2.38. The fourth-order valence-electron chi connectivity index (χ4n) is 6.84. The van der Waals surface area contributed by atoms with Gasteiger partial charge in [-0.05, 0) is 102 Å². The molecule has 0 spiro atoms. The molecule has 0 bridgehead atoms. The molecule has 1 aromatic heterocycles. The Morgan fingerprint density at radius 2 is 1.72 bits per heavy atom. The van der Waals surface area contributed by atoms with Crippen molar-refractivity contribution in [1.29, 1.82) is 0 Å². The Balaban J connectivity index is 1.40. The number of aromatic nitrogens is 1. The summed E-state index contributed by atoms with van der Waals surface area (Å²) in [7, 11) is 0. The van der Waals surface area contributed by atoms with Gasteiger partial charge in [0.25, 0.3) is 0 Å². The molecule has 2 N–H and O–H groups in total. The van der Waals surface area contributed by atoms with E-state index in [-0.39, 0.29) is 12.4 Å². The van der Waals surface area contributed by atoms with Crippen LogP contribution in [-0.4, -0.2) is 57.8 Å². The van der Waals surface area contributed by atoms with Crippen LogP contribution in [0.2, 0.25) is 0 Å². The molecule has 1 aromatic carbocycles. The monoisotopic (exact) mass is 496 g/mol. The van der Waals surface area contributed by atoms with E-state index in [1.54, 1.807) is 17.7 Å². The molecule has 0 atom stereocenters. The van der Waals surface area contributed by atoms with Gasteiger partial charge in [0.1, 0.15) is 5.82 Å². The molecule has 3 fully saturated rings. The molecule has 5 rings (SSSR count). The summed E-state index contributed by atoms with van der Waals surface area (Å²) < 4.78 is 16.8. The topological polar surface area (TPSA) is 60.7 Å². The lowest BCUT2D eigenvalue weighted by Gasteiger charge is -2.41. The second-order valence-electron chi connectivity index (χ2n) is 11.2. The molecule has 2 aliphatic heterocycles. The Bertz CT molecular complexity index is 1110. The lowest BCUT2D eigenvalue weighted by molar-refractivity contribution is 0.116. The van der Waals surface area contributed by atoms with Crippen LogP contribution in [0.5, 0.6) is 0 Å². The van der Waals surface area contributed by atoms with Gasteiger partial charge in [0, 0.05) is 48.3 Å². The minimum absolute atomic E-state index is 0.233. The lowest BCUT2D eigenvalue weighted by atomic mass is 9.86. The second kappa shape index (κ2) is 10.9. The zero-order valence-electron chi connectivity index (χ0n) is 21.9. The third-order valence-corrected chi connectivity index (χ3v) is 8.82.